The number of rotatable bonds is 6. The molecule has 2 aromatic carbocycles. The van der Waals surface area contributed by atoms with Gasteiger partial charge in [-0.15, -0.1) is 0 Å². The van der Waals surface area contributed by atoms with Crippen LogP contribution in [0.15, 0.2) is 36.4 Å². The van der Waals surface area contributed by atoms with Crippen LogP contribution in [0, 0.1) is 0 Å². The molecule has 0 aliphatic rings. The van der Waals surface area contributed by atoms with Crippen LogP contribution in [0.1, 0.15) is 31.7 Å². The maximum atomic E-state index is 12.1. The average Bonchev–Trinajstić information content (AvgIpc) is 3.06. The number of anilines is 1. The molecule has 4 nitrogen and oxygen atoms in total. The van der Waals surface area contributed by atoms with Crippen LogP contribution in [-0.2, 0) is 4.79 Å². The molecule has 0 spiro atoms. The van der Waals surface area contributed by atoms with Gasteiger partial charge < -0.3 is 4.74 Å². The molecule has 7 heteroatoms. The van der Waals surface area contributed by atoms with Crippen LogP contribution in [0.2, 0.25) is 10.0 Å². The van der Waals surface area contributed by atoms with Gasteiger partial charge in [0.15, 0.2) is 11.7 Å². The van der Waals surface area contributed by atoms with E-state index in [-0.39, 0.29) is 12.5 Å². The van der Waals surface area contributed by atoms with E-state index in [2.05, 4.69) is 24.1 Å². The highest BCUT2D eigenvalue weighted by molar-refractivity contribution is 7.22. The maximum absolute atomic E-state index is 12.1. The molecule has 0 radical (unpaired) electrons. The number of fused-ring (bicyclic) bond motifs is 1. The lowest BCUT2D eigenvalue weighted by Crippen LogP contribution is -2.20. The molecule has 0 unspecified atom stereocenters. The van der Waals surface area contributed by atoms with Gasteiger partial charge >= 0.3 is 0 Å². The number of amides is 1. The predicted octanol–water partition coefficient (Wildman–Crippen LogP) is 6.13. The van der Waals surface area contributed by atoms with E-state index in [0.29, 0.717) is 32.4 Å². The standard InChI is InChI=1S/C19H18Cl2N2O2S/c1-3-11(2)12-4-6-13(7-5-12)25-10-16(24)22-19-23-18-15(26-19)9-8-14(20)17(18)21/h4-9,11H,3,10H2,1-2H3,(H,22,23,24)/t11-/m0/s1. The number of aromatic nitrogens is 1. The smallest absolute Gasteiger partial charge is 0.264 e. The van der Waals surface area contributed by atoms with Crippen molar-refractivity contribution in [2.24, 2.45) is 0 Å². The first kappa shape index (κ1) is 19.0. The van der Waals surface area contributed by atoms with Crippen molar-refractivity contribution in [3.63, 3.8) is 0 Å². The van der Waals surface area contributed by atoms with Gasteiger partial charge in [-0.25, -0.2) is 4.98 Å². The quantitative estimate of drug-likeness (QED) is 0.533. The van der Waals surface area contributed by atoms with E-state index in [1.165, 1.54) is 16.9 Å². The van der Waals surface area contributed by atoms with Gasteiger partial charge in [-0.2, -0.15) is 0 Å². The Morgan fingerprint density at radius 2 is 1.96 bits per heavy atom. The van der Waals surface area contributed by atoms with Crippen LogP contribution in [0.3, 0.4) is 0 Å². The van der Waals surface area contributed by atoms with E-state index in [9.17, 15) is 4.79 Å². The first-order valence-corrected chi connectivity index (χ1v) is 9.82. The molecule has 26 heavy (non-hydrogen) atoms. The number of carbonyl (C=O) groups excluding carboxylic acids is 1. The van der Waals surface area contributed by atoms with Gasteiger partial charge in [-0.1, -0.05) is 60.5 Å². The van der Waals surface area contributed by atoms with Crippen molar-refractivity contribution >= 4 is 55.8 Å². The van der Waals surface area contributed by atoms with Gasteiger partial charge in [-0.05, 0) is 42.2 Å². The zero-order valence-electron chi connectivity index (χ0n) is 14.4. The Morgan fingerprint density at radius 1 is 1.23 bits per heavy atom. The molecule has 1 atom stereocenters. The average molecular weight is 409 g/mol. The molecule has 0 aliphatic carbocycles. The van der Waals surface area contributed by atoms with E-state index in [1.54, 1.807) is 6.07 Å². The van der Waals surface area contributed by atoms with Gasteiger partial charge in [0.2, 0.25) is 0 Å². The van der Waals surface area contributed by atoms with Crippen molar-refractivity contribution in [3.05, 3.63) is 52.0 Å². The number of hydrogen-bond donors (Lipinski definition) is 1. The van der Waals surface area contributed by atoms with Crippen LogP contribution in [0.4, 0.5) is 5.13 Å². The molecular formula is C19H18Cl2N2O2S. The summed E-state index contributed by atoms with van der Waals surface area (Å²) in [7, 11) is 0. The van der Waals surface area contributed by atoms with Crippen LogP contribution >= 0.6 is 34.5 Å². The Bertz CT molecular complexity index is 925. The van der Waals surface area contributed by atoms with E-state index in [4.69, 9.17) is 27.9 Å². The Labute approximate surface area is 166 Å². The van der Waals surface area contributed by atoms with Gasteiger partial charge in [-0.3, -0.25) is 10.1 Å². The molecule has 1 amide bonds. The van der Waals surface area contributed by atoms with Crippen molar-refractivity contribution < 1.29 is 9.53 Å². The third kappa shape index (κ3) is 4.29. The van der Waals surface area contributed by atoms with Crippen LogP contribution in [-0.4, -0.2) is 17.5 Å². The Kier molecular flexibility index (Phi) is 6.01. The Morgan fingerprint density at radius 3 is 2.65 bits per heavy atom. The zero-order valence-corrected chi connectivity index (χ0v) is 16.7. The number of nitrogens with one attached hydrogen (secondary N) is 1. The van der Waals surface area contributed by atoms with E-state index in [1.807, 2.05) is 30.3 Å². The summed E-state index contributed by atoms with van der Waals surface area (Å²) in [4.78, 5) is 16.4. The number of hydrogen-bond acceptors (Lipinski definition) is 4. The highest BCUT2D eigenvalue weighted by Crippen LogP contribution is 2.35. The summed E-state index contributed by atoms with van der Waals surface area (Å²) in [5.41, 5.74) is 1.84. The second-order valence-corrected chi connectivity index (χ2v) is 7.76. The maximum Gasteiger partial charge on any atom is 0.264 e. The lowest BCUT2D eigenvalue weighted by Gasteiger charge is -2.10. The molecule has 0 fully saturated rings. The van der Waals surface area contributed by atoms with Crippen molar-refractivity contribution in [1.82, 2.24) is 4.98 Å². The summed E-state index contributed by atoms with van der Waals surface area (Å²) < 4.78 is 6.40. The fourth-order valence-electron chi connectivity index (χ4n) is 2.42. The lowest BCUT2D eigenvalue weighted by atomic mass is 9.99. The summed E-state index contributed by atoms with van der Waals surface area (Å²) in [6.07, 6.45) is 1.08. The van der Waals surface area contributed by atoms with Gasteiger partial charge in [0.1, 0.15) is 11.3 Å². The molecule has 3 rings (SSSR count). The molecule has 3 aromatic rings. The lowest BCUT2D eigenvalue weighted by molar-refractivity contribution is -0.118. The zero-order chi connectivity index (χ0) is 18.7. The molecule has 0 saturated heterocycles. The minimum absolute atomic E-state index is 0.0902. The summed E-state index contributed by atoms with van der Waals surface area (Å²) in [5.74, 6) is 0.885. The van der Waals surface area contributed by atoms with Crippen LogP contribution < -0.4 is 10.1 Å². The largest absolute Gasteiger partial charge is 0.484 e. The topological polar surface area (TPSA) is 51.2 Å². The second kappa shape index (κ2) is 8.25. The molecule has 1 aromatic heterocycles. The molecule has 0 aliphatic heterocycles. The van der Waals surface area contributed by atoms with Crippen molar-refractivity contribution in [3.8, 4) is 5.75 Å². The van der Waals surface area contributed by atoms with Crippen LogP contribution in [0.25, 0.3) is 10.2 Å². The first-order chi connectivity index (χ1) is 12.5. The van der Waals surface area contributed by atoms with E-state index < -0.39 is 0 Å². The van der Waals surface area contributed by atoms with Crippen LogP contribution in [0.5, 0.6) is 5.75 Å². The minimum atomic E-state index is -0.280. The number of benzene rings is 2. The molecule has 0 saturated carbocycles. The number of thiazole rings is 1. The van der Waals surface area contributed by atoms with Crippen molar-refractivity contribution in [1.29, 1.82) is 0 Å². The van der Waals surface area contributed by atoms with Crippen molar-refractivity contribution in [2.45, 2.75) is 26.2 Å². The fraction of sp³-hybridized carbons (Fsp3) is 0.263. The molecule has 1 heterocycles. The van der Waals surface area contributed by atoms with Gasteiger partial charge in [0.25, 0.3) is 5.91 Å². The number of halogens is 2. The minimum Gasteiger partial charge on any atom is -0.484 e. The Balaban J connectivity index is 1.60. The number of nitrogens with zero attached hydrogens (tertiary/aromatic N) is 1. The predicted molar refractivity (Wildman–Crippen MR) is 109 cm³/mol. The van der Waals surface area contributed by atoms with E-state index in [0.717, 1.165) is 11.1 Å². The summed E-state index contributed by atoms with van der Waals surface area (Å²) >= 11 is 13.5. The van der Waals surface area contributed by atoms with E-state index >= 15 is 0 Å². The molecule has 0 bridgehead atoms. The monoisotopic (exact) mass is 408 g/mol. The third-order valence-corrected chi connectivity index (χ3v) is 5.86. The molecule has 136 valence electrons. The second-order valence-electron chi connectivity index (χ2n) is 5.94. The molecule has 1 N–H and O–H groups in total. The molecular weight excluding hydrogens is 391 g/mol. The summed E-state index contributed by atoms with van der Waals surface area (Å²) in [6, 6.07) is 11.4. The number of ether oxygens (including phenoxy) is 1. The first-order valence-electron chi connectivity index (χ1n) is 8.25. The SMILES string of the molecule is CC[C@H](C)c1ccc(OCC(=O)Nc2nc3c(Cl)c(Cl)ccc3s2)cc1. The Hall–Kier alpha value is -1.82. The fourth-order valence-corrected chi connectivity index (χ4v) is 3.73. The summed E-state index contributed by atoms with van der Waals surface area (Å²) in [6.45, 7) is 4.25. The summed E-state index contributed by atoms with van der Waals surface area (Å²) in [5, 5.41) is 4.02. The third-order valence-electron chi connectivity index (χ3n) is 4.13. The highest BCUT2D eigenvalue weighted by atomic mass is 35.5. The van der Waals surface area contributed by atoms with Gasteiger partial charge in [0.05, 0.1) is 14.7 Å². The highest BCUT2D eigenvalue weighted by Gasteiger charge is 2.12. The van der Waals surface area contributed by atoms with Crippen molar-refractivity contribution in [2.75, 3.05) is 11.9 Å². The normalized spacial score (nSPS) is 12.2. The van der Waals surface area contributed by atoms with Gasteiger partial charge in [0, 0.05) is 0 Å². The number of carbonyl (C=O) groups is 1.